The minimum Gasteiger partial charge on any atom is -0.550 e. The van der Waals surface area contributed by atoms with Crippen molar-refractivity contribution in [2.75, 3.05) is 0 Å². The molecule has 0 saturated carbocycles. The summed E-state index contributed by atoms with van der Waals surface area (Å²) in [5, 5.41) is 41.3. The third-order valence-corrected chi connectivity index (χ3v) is 7.87. The van der Waals surface area contributed by atoms with E-state index in [0.717, 1.165) is 77.0 Å². The van der Waals surface area contributed by atoms with Crippen LogP contribution in [0.2, 0.25) is 0 Å². The van der Waals surface area contributed by atoms with Crippen LogP contribution in [0.5, 0.6) is 0 Å². The van der Waals surface area contributed by atoms with Gasteiger partial charge in [0.15, 0.2) is 0 Å². The van der Waals surface area contributed by atoms with E-state index in [4.69, 9.17) is 0 Å². The van der Waals surface area contributed by atoms with Gasteiger partial charge in [0.25, 0.3) is 0 Å². The number of rotatable bonds is 20. The number of hydrogen-bond acceptors (Lipinski definition) is 8. The maximum Gasteiger partial charge on any atom is 4.00 e. The number of carbonyl (C=O) groups is 4. The molecule has 1 aromatic carbocycles. The topological polar surface area (TPSA) is 161 Å². The third kappa shape index (κ3) is 38.2. The number of carboxylic acid groups (broad SMARTS) is 4. The molecule has 0 saturated heterocycles. The molecule has 0 N–H and O–H groups in total. The number of aryl methyl sites for hydroxylation is 1. The van der Waals surface area contributed by atoms with Gasteiger partial charge in [-0.2, -0.15) is 0 Å². The average molecular weight is 761 g/mol. The van der Waals surface area contributed by atoms with Crippen molar-refractivity contribution >= 4 is 23.9 Å². The van der Waals surface area contributed by atoms with E-state index in [1.807, 2.05) is 45.9 Å². The fourth-order valence-corrected chi connectivity index (χ4v) is 4.29. The zero-order valence-corrected chi connectivity index (χ0v) is 33.7. The first-order valence-electron chi connectivity index (χ1n) is 18.1. The number of unbranched alkanes of at least 4 members (excludes halogenated alkanes) is 4. The molecule has 4 unspecified atom stereocenters. The van der Waals surface area contributed by atoms with E-state index in [-0.39, 0.29) is 44.7 Å². The Kier molecular flexibility index (Phi) is 47.1. The number of carboxylic acids is 4. The minimum absolute atomic E-state index is 0. The molecule has 0 radical (unpaired) electrons. The molecule has 0 aromatic heterocycles. The maximum absolute atomic E-state index is 10.3. The van der Waals surface area contributed by atoms with Gasteiger partial charge in [-0.3, -0.25) is 0 Å². The second-order valence-corrected chi connectivity index (χ2v) is 11.9. The summed E-state index contributed by atoms with van der Waals surface area (Å²) in [7, 11) is 0. The van der Waals surface area contributed by atoms with Crippen LogP contribution in [0.15, 0.2) is 30.3 Å². The number of carbonyl (C=O) groups excluding carboxylic acids is 4. The smallest absolute Gasteiger partial charge is 0.550 e. The van der Waals surface area contributed by atoms with E-state index in [0.29, 0.717) is 25.7 Å². The second-order valence-electron chi connectivity index (χ2n) is 11.9. The predicted molar refractivity (Wildman–Crippen MR) is 184 cm³/mol. The molecule has 0 fully saturated rings. The summed E-state index contributed by atoms with van der Waals surface area (Å²) in [5.41, 5.74) is 1.32. The fraction of sp³-hybridized carbons (Fsp3) is 0.744. The molecule has 8 nitrogen and oxygen atoms in total. The summed E-state index contributed by atoms with van der Waals surface area (Å²) < 4.78 is 0. The molecule has 4 atom stereocenters. The van der Waals surface area contributed by atoms with Crippen LogP contribution in [-0.4, -0.2) is 23.9 Å². The molecule has 278 valence electrons. The van der Waals surface area contributed by atoms with Gasteiger partial charge in [0, 0.05) is 23.9 Å². The molecule has 1 aromatic rings. The second kappa shape index (κ2) is 41.0. The molecule has 0 heterocycles. The molecular formula is C39H68MoO8. The van der Waals surface area contributed by atoms with E-state index in [1.165, 1.54) is 5.56 Å². The van der Waals surface area contributed by atoms with E-state index < -0.39 is 23.9 Å². The van der Waals surface area contributed by atoms with Gasteiger partial charge >= 0.3 is 21.1 Å². The Morgan fingerprint density at radius 2 is 0.667 bits per heavy atom. The zero-order chi connectivity index (χ0) is 37.0. The van der Waals surface area contributed by atoms with Crippen LogP contribution in [0.25, 0.3) is 0 Å². The standard InChI is InChI=1S/4C8H16O2.C7H8.Mo/c4*1-3-5-6-7(4-2)8(9)10;1-7-5-3-2-4-6-7;/h4*7H,3-6H2,1-2H3,(H,9,10);2-6H,1H3;/q;;;;;+4/p-4. The SMILES string of the molecule is CCCCC(CC)C(=O)[O-].CCCCC(CC)C(=O)[O-].CCCCC(CC)C(=O)[O-].CCCCC(CC)C(=O)[O-].Cc1ccccc1.[Mo+4]. The molecular weight excluding hydrogens is 692 g/mol. The van der Waals surface area contributed by atoms with Crippen LogP contribution in [0.1, 0.15) is 164 Å². The van der Waals surface area contributed by atoms with Crippen LogP contribution >= 0.6 is 0 Å². The Balaban J connectivity index is -0.000000160. The van der Waals surface area contributed by atoms with E-state index in [1.54, 1.807) is 0 Å². The van der Waals surface area contributed by atoms with Crippen molar-refractivity contribution in [3.8, 4) is 0 Å². The number of aliphatic carboxylic acids is 4. The summed E-state index contributed by atoms with van der Waals surface area (Å²) in [6.07, 6.45) is 14.1. The van der Waals surface area contributed by atoms with Crippen molar-refractivity contribution < 1.29 is 60.7 Å². The average Bonchev–Trinajstić information content (AvgIpc) is 3.03. The first-order chi connectivity index (χ1) is 22.3. The molecule has 0 spiro atoms. The largest absolute Gasteiger partial charge is 4.00 e. The van der Waals surface area contributed by atoms with Crippen LogP contribution in [0.3, 0.4) is 0 Å². The van der Waals surface area contributed by atoms with Crippen molar-refractivity contribution in [1.82, 2.24) is 0 Å². The summed E-state index contributed by atoms with van der Waals surface area (Å²) in [4.78, 5) is 41.3. The first kappa shape index (κ1) is 55.2. The van der Waals surface area contributed by atoms with Gasteiger partial charge in [0.05, 0.1) is 0 Å². The maximum atomic E-state index is 10.3. The van der Waals surface area contributed by atoms with Crippen LogP contribution in [-0.2, 0) is 40.2 Å². The quantitative estimate of drug-likeness (QED) is 0.151. The monoisotopic (exact) mass is 762 g/mol. The van der Waals surface area contributed by atoms with Gasteiger partial charge in [0.2, 0.25) is 0 Å². The summed E-state index contributed by atoms with van der Waals surface area (Å²) in [6.45, 7) is 17.9. The van der Waals surface area contributed by atoms with Crippen molar-refractivity contribution in [1.29, 1.82) is 0 Å². The van der Waals surface area contributed by atoms with Crippen LogP contribution in [0, 0.1) is 30.6 Å². The fourth-order valence-electron chi connectivity index (χ4n) is 4.29. The van der Waals surface area contributed by atoms with Crippen molar-refractivity contribution in [2.24, 2.45) is 23.7 Å². The summed E-state index contributed by atoms with van der Waals surface area (Å²) in [5.74, 6) is -4.46. The third-order valence-electron chi connectivity index (χ3n) is 7.87. The van der Waals surface area contributed by atoms with Crippen LogP contribution < -0.4 is 20.4 Å². The van der Waals surface area contributed by atoms with E-state index in [2.05, 4.69) is 46.8 Å². The predicted octanol–water partition coefficient (Wildman–Crippen LogP) is 5.80. The Morgan fingerprint density at radius 1 is 0.458 bits per heavy atom. The van der Waals surface area contributed by atoms with Gasteiger partial charge in [-0.25, -0.2) is 0 Å². The number of benzene rings is 1. The van der Waals surface area contributed by atoms with E-state index in [9.17, 15) is 39.6 Å². The Morgan fingerprint density at radius 3 is 0.771 bits per heavy atom. The van der Waals surface area contributed by atoms with Gasteiger partial charge < -0.3 is 39.6 Å². The van der Waals surface area contributed by atoms with Gasteiger partial charge in [0.1, 0.15) is 0 Å². The van der Waals surface area contributed by atoms with Gasteiger partial charge in [-0.05, 0) is 82.0 Å². The molecule has 9 heteroatoms. The summed E-state index contributed by atoms with van der Waals surface area (Å²) in [6, 6.07) is 10.3. The molecule has 0 aliphatic heterocycles. The molecule has 0 aliphatic rings. The Labute approximate surface area is 308 Å². The summed E-state index contributed by atoms with van der Waals surface area (Å²) >= 11 is 0. The van der Waals surface area contributed by atoms with Crippen LogP contribution in [0.4, 0.5) is 0 Å². The Bertz CT molecular complexity index is 759. The molecule has 0 aliphatic carbocycles. The molecule has 0 bridgehead atoms. The molecule has 1 rings (SSSR count). The van der Waals surface area contributed by atoms with Crippen molar-refractivity contribution in [2.45, 2.75) is 165 Å². The Hall–Kier alpha value is -2.21. The van der Waals surface area contributed by atoms with Gasteiger partial charge in [-0.15, -0.1) is 0 Å². The molecule has 0 amide bonds. The zero-order valence-electron chi connectivity index (χ0n) is 31.7. The van der Waals surface area contributed by atoms with Gasteiger partial charge in [-0.1, -0.05) is 143 Å². The molecule has 48 heavy (non-hydrogen) atoms. The first-order valence-corrected chi connectivity index (χ1v) is 18.1. The van der Waals surface area contributed by atoms with Crippen molar-refractivity contribution in [3.05, 3.63) is 35.9 Å². The minimum atomic E-state index is -0.893. The van der Waals surface area contributed by atoms with E-state index >= 15 is 0 Å². The van der Waals surface area contributed by atoms with Crippen molar-refractivity contribution in [3.63, 3.8) is 0 Å². The normalized spacial score (nSPS) is 12.1. The number of hydrogen-bond donors (Lipinski definition) is 0.